The molecule has 0 heterocycles. The molecule has 1 saturated carbocycles. The predicted molar refractivity (Wildman–Crippen MR) is 81.5 cm³/mol. The minimum Gasteiger partial charge on any atom is -0.491 e. The minimum absolute atomic E-state index is 0.00485. The number of allylic oxidation sites excluding steroid dienone is 1. The number of aryl methyl sites for hydroxylation is 1. The number of rotatable bonds is 6. The summed E-state index contributed by atoms with van der Waals surface area (Å²) < 4.78 is 32.9. The van der Waals surface area contributed by atoms with Crippen LogP contribution in [0.15, 0.2) is 24.8 Å². The summed E-state index contributed by atoms with van der Waals surface area (Å²) in [6.45, 7) is 5.93. The predicted octanol–water partition coefficient (Wildman–Crippen LogP) is 5.29. The molecule has 2 rings (SSSR count). The summed E-state index contributed by atoms with van der Waals surface area (Å²) in [5.41, 5.74) is 0.460. The second kappa shape index (κ2) is 7.58. The number of ether oxygens (including phenoxy) is 1. The van der Waals surface area contributed by atoms with Gasteiger partial charge in [-0.1, -0.05) is 12.1 Å². The highest BCUT2D eigenvalue weighted by Gasteiger charge is 2.20. The van der Waals surface area contributed by atoms with E-state index in [4.69, 9.17) is 4.74 Å². The van der Waals surface area contributed by atoms with E-state index < -0.39 is 11.6 Å². The molecule has 1 aliphatic carbocycles. The van der Waals surface area contributed by atoms with Crippen molar-refractivity contribution < 1.29 is 13.5 Å². The standard InChI is InChI=1S/C18H24F2O/c1-3-13-5-7-14(8-6-13)9-10-15-11-12-16(21-4-2)18(20)17(15)19/h3,11-14H,1,4-10H2,2H3. The fourth-order valence-corrected chi connectivity index (χ4v) is 3.10. The zero-order valence-electron chi connectivity index (χ0n) is 12.7. The Morgan fingerprint density at radius 3 is 2.52 bits per heavy atom. The maximum absolute atomic E-state index is 14.0. The van der Waals surface area contributed by atoms with Crippen LogP contribution in [0.1, 0.15) is 44.6 Å². The molecule has 0 unspecified atom stereocenters. The molecule has 0 aromatic heterocycles. The Morgan fingerprint density at radius 1 is 1.19 bits per heavy atom. The molecule has 0 saturated heterocycles. The van der Waals surface area contributed by atoms with Gasteiger partial charge < -0.3 is 4.74 Å². The van der Waals surface area contributed by atoms with Crippen LogP contribution in [0.4, 0.5) is 8.78 Å². The fourth-order valence-electron chi connectivity index (χ4n) is 3.10. The minimum atomic E-state index is -0.857. The second-order valence-corrected chi connectivity index (χ2v) is 5.84. The number of benzene rings is 1. The second-order valence-electron chi connectivity index (χ2n) is 5.84. The van der Waals surface area contributed by atoms with E-state index in [1.165, 1.54) is 18.9 Å². The van der Waals surface area contributed by atoms with Crippen LogP contribution >= 0.6 is 0 Å². The van der Waals surface area contributed by atoms with Gasteiger partial charge in [-0.2, -0.15) is 4.39 Å². The van der Waals surface area contributed by atoms with Gasteiger partial charge in [0.1, 0.15) is 0 Å². The number of hydrogen-bond acceptors (Lipinski definition) is 1. The largest absolute Gasteiger partial charge is 0.491 e. The molecule has 1 aliphatic rings. The molecule has 0 radical (unpaired) electrons. The Balaban J connectivity index is 1.92. The van der Waals surface area contributed by atoms with Crippen molar-refractivity contribution in [3.63, 3.8) is 0 Å². The molecule has 1 aromatic carbocycles. The molecular formula is C18H24F2O. The molecule has 1 aromatic rings. The average Bonchev–Trinajstić information content (AvgIpc) is 2.52. The van der Waals surface area contributed by atoms with Crippen molar-refractivity contribution >= 4 is 0 Å². The van der Waals surface area contributed by atoms with Crippen LogP contribution in [-0.2, 0) is 6.42 Å². The summed E-state index contributed by atoms with van der Waals surface area (Å²) in [7, 11) is 0. The van der Waals surface area contributed by atoms with Crippen molar-refractivity contribution in [2.24, 2.45) is 11.8 Å². The first-order chi connectivity index (χ1) is 10.2. The molecule has 0 amide bonds. The number of hydrogen-bond donors (Lipinski definition) is 0. The van der Waals surface area contributed by atoms with Crippen LogP contribution in [0.25, 0.3) is 0 Å². The van der Waals surface area contributed by atoms with Gasteiger partial charge in [-0.05, 0) is 68.9 Å². The lowest BCUT2D eigenvalue weighted by Gasteiger charge is -2.26. The van der Waals surface area contributed by atoms with E-state index in [0.717, 1.165) is 19.3 Å². The highest BCUT2D eigenvalue weighted by molar-refractivity contribution is 5.31. The molecule has 116 valence electrons. The highest BCUT2D eigenvalue weighted by Crippen LogP contribution is 2.33. The van der Waals surface area contributed by atoms with E-state index in [1.54, 1.807) is 13.0 Å². The van der Waals surface area contributed by atoms with Crippen molar-refractivity contribution in [2.45, 2.75) is 45.4 Å². The lowest BCUT2D eigenvalue weighted by molar-refractivity contribution is 0.294. The maximum atomic E-state index is 14.0. The van der Waals surface area contributed by atoms with E-state index in [0.29, 0.717) is 30.4 Å². The van der Waals surface area contributed by atoms with Crippen LogP contribution in [0.3, 0.4) is 0 Å². The third-order valence-corrected chi connectivity index (χ3v) is 4.47. The van der Waals surface area contributed by atoms with Gasteiger partial charge in [0.2, 0.25) is 5.82 Å². The first-order valence-corrected chi connectivity index (χ1v) is 7.87. The first kappa shape index (κ1) is 16.0. The van der Waals surface area contributed by atoms with Gasteiger partial charge in [0.15, 0.2) is 11.6 Å². The third-order valence-electron chi connectivity index (χ3n) is 4.47. The fraction of sp³-hybridized carbons (Fsp3) is 0.556. The van der Waals surface area contributed by atoms with Crippen LogP contribution < -0.4 is 4.74 Å². The Bertz CT molecular complexity index is 476. The van der Waals surface area contributed by atoms with Crippen LogP contribution in [0.2, 0.25) is 0 Å². The zero-order valence-corrected chi connectivity index (χ0v) is 12.7. The van der Waals surface area contributed by atoms with E-state index in [1.807, 2.05) is 6.08 Å². The van der Waals surface area contributed by atoms with Gasteiger partial charge in [0.25, 0.3) is 0 Å². The molecule has 3 heteroatoms. The summed E-state index contributed by atoms with van der Waals surface area (Å²) in [6, 6.07) is 3.19. The van der Waals surface area contributed by atoms with Crippen LogP contribution in [-0.4, -0.2) is 6.61 Å². The summed E-state index contributed by atoms with van der Waals surface area (Å²) in [5.74, 6) is -0.341. The van der Waals surface area contributed by atoms with Gasteiger partial charge in [-0.3, -0.25) is 0 Å². The van der Waals surface area contributed by atoms with Crippen LogP contribution in [0, 0.1) is 23.5 Å². The van der Waals surface area contributed by atoms with Crippen LogP contribution in [0.5, 0.6) is 5.75 Å². The molecule has 1 nitrogen and oxygen atoms in total. The van der Waals surface area contributed by atoms with Gasteiger partial charge in [0, 0.05) is 0 Å². The molecule has 21 heavy (non-hydrogen) atoms. The summed E-state index contributed by atoms with van der Waals surface area (Å²) in [5, 5.41) is 0. The SMILES string of the molecule is C=CC1CCC(CCc2ccc(OCC)c(F)c2F)CC1. The van der Waals surface area contributed by atoms with E-state index in [-0.39, 0.29) is 5.75 Å². The Kier molecular flexibility index (Phi) is 5.77. The van der Waals surface area contributed by atoms with Crippen molar-refractivity contribution in [3.8, 4) is 5.75 Å². The smallest absolute Gasteiger partial charge is 0.200 e. The average molecular weight is 294 g/mol. The van der Waals surface area contributed by atoms with E-state index in [2.05, 4.69) is 6.58 Å². The van der Waals surface area contributed by atoms with E-state index >= 15 is 0 Å². The molecule has 0 atom stereocenters. The Labute approximate surface area is 126 Å². The molecule has 0 N–H and O–H groups in total. The first-order valence-electron chi connectivity index (χ1n) is 7.87. The number of halogens is 2. The van der Waals surface area contributed by atoms with Gasteiger partial charge in [0.05, 0.1) is 6.61 Å². The van der Waals surface area contributed by atoms with Gasteiger partial charge in [-0.15, -0.1) is 6.58 Å². The third kappa shape index (κ3) is 4.05. The monoisotopic (exact) mass is 294 g/mol. The molecule has 0 aliphatic heterocycles. The molecule has 0 spiro atoms. The summed E-state index contributed by atoms with van der Waals surface area (Å²) in [6.07, 6.45) is 8.24. The van der Waals surface area contributed by atoms with Crippen molar-refractivity contribution in [1.29, 1.82) is 0 Å². The van der Waals surface area contributed by atoms with Gasteiger partial charge in [-0.25, -0.2) is 4.39 Å². The Hall–Kier alpha value is -1.38. The lowest BCUT2D eigenvalue weighted by atomic mass is 9.79. The topological polar surface area (TPSA) is 9.23 Å². The molecular weight excluding hydrogens is 270 g/mol. The summed E-state index contributed by atoms with van der Waals surface area (Å²) in [4.78, 5) is 0. The Morgan fingerprint density at radius 2 is 1.90 bits per heavy atom. The summed E-state index contributed by atoms with van der Waals surface area (Å²) >= 11 is 0. The zero-order chi connectivity index (χ0) is 15.2. The van der Waals surface area contributed by atoms with E-state index in [9.17, 15) is 8.78 Å². The maximum Gasteiger partial charge on any atom is 0.200 e. The highest BCUT2D eigenvalue weighted by atomic mass is 19.2. The van der Waals surface area contributed by atoms with Gasteiger partial charge >= 0.3 is 0 Å². The van der Waals surface area contributed by atoms with Crippen molar-refractivity contribution in [2.75, 3.05) is 6.61 Å². The van der Waals surface area contributed by atoms with Crippen molar-refractivity contribution in [3.05, 3.63) is 42.0 Å². The molecule has 1 fully saturated rings. The quantitative estimate of drug-likeness (QED) is 0.648. The molecule has 0 bridgehead atoms. The normalized spacial score (nSPS) is 22.0. The van der Waals surface area contributed by atoms with Crippen molar-refractivity contribution in [1.82, 2.24) is 0 Å². The lowest BCUT2D eigenvalue weighted by Crippen LogP contribution is -2.14.